The molecular formula is C68H131NO5. The van der Waals surface area contributed by atoms with Gasteiger partial charge >= 0.3 is 5.97 Å². The third-order valence-electron chi connectivity index (χ3n) is 15.7. The van der Waals surface area contributed by atoms with Crippen molar-refractivity contribution in [1.29, 1.82) is 0 Å². The summed E-state index contributed by atoms with van der Waals surface area (Å²) in [4.78, 5) is 24.6. The Morgan fingerprint density at radius 2 is 0.635 bits per heavy atom. The van der Waals surface area contributed by atoms with Crippen LogP contribution in [0.4, 0.5) is 0 Å². The van der Waals surface area contributed by atoms with Crippen molar-refractivity contribution in [2.24, 2.45) is 0 Å². The van der Waals surface area contributed by atoms with Crippen LogP contribution in [-0.4, -0.2) is 47.4 Å². The van der Waals surface area contributed by atoms with E-state index in [4.69, 9.17) is 4.74 Å². The van der Waals surface area contributed by atoms with Gasteiger partial charge in [0.15, 0.2) is 0 Å². The molecular weight excluding hydrogens is 911 g/mol. The van der Waals surface area contributed by atoms with Gasteiger partial charge in [-0.2, -0.15) is 0 Å². The van der Waals surface area contributed by atoms with E-state index < -0.39 is 12.1 Å². The number of hydrogen-bond acceptors (Lipinski definition) is 5. The molecule has 0 aliphatic carbocycles. The molecule has 0 aliphatic heterocycles. The van der Waals surface area contributed by atoms with Crippen LogP contribution in [0.2, 0.25) is 0 Å². The van der Waals surface area contributed by atoms with E-state index >= 15 is 0 Å². The number of ether oxygens (including phenoxy) is 1. The van der Waals surface area contributed by atoms with Crippen LogP contribution in [0.1, 0.15) is 373 Å². The molecule has 6 heteroatoms. The lowest BCUT2D eigenvalue weighted by Crippen LogP contribution is -2.45. The Morgan fingerprint density at radius 3 is 0.959 bits per heavy atom. The molecule has 0 saturated heterocycles. The first-order chi connectivity index (χ1) is 36.5. The number of amides is 1. The number of esters is 1. The average molecular weight is 1040 g/mol. The predicted molar refractivity (Wildman–Crippen MR) is 324 cm³/mol. The molecule has 6 nitrogen and oxygen atoms in total. The number of unbranched alkanes of at least 4 members (excludes halogenated alkanes) is 50. The summed E-state index contributed by atoms with van der Waals surface area (Å²) in [6, 6.07) is -0.630. The van der Waals surface area contributed by atoms with Gasteiger partial charge in [-0.25, -0.2) is 0 Å². The normalized spacial score (nSPS) is 12.6. The second-order valence-corrected chi connectivity index (χ2v) is 23.2. The van der Waals surface area contributed by atoms with E-state index in [1.807, 2.05) is 6.08 Å². The van der Waals surface area contributed by atoms with Gasteiger partial charge in [0.05, 0.1) is 25.4 Å². The number of aliphatic hydroxyl groups excluding tert-OH is 2. The number of carbonyl (C=O) groups is 2. The first-order valence-electron chi connectivity index (χ1n) is 33.6. The summed E-state index contributed by atoms with van der Waals surface area (Å²) in [7, 11) is 0. The summed E-state index contributed by atoms with van der Waals surface area (Å²) < 4.78 is 5.51. The summed E-state index contributed by atoms with van der Waals surface area (Å²) in [5.41, 5.74) is 0. The van der Waals surface area contributed by atoms with Crippen LogP contribution in [-0.2, 0) is 14.3 Å². The van der Waals surface area contributed by atoms with Gasteiger partial charge in [0.2, 0.25) is 5.91 Å². The fourth-order valence-electron chi connectivity index (χ4n) is 10.6. The average Bonchev–Trinajstić information content (AvgIpc) is 3.40. The highest BCUT2D eigenvalue weighted by molar-refractivity contribution is 5.76. The van der Waals surface area contributed by atoms with Crippen molar-refractivity contribution in [3.05, 3.63) is 24.3 Å². The van der Waals surface area contributed by atoms with E-state index in [1.165, 1.54) is 308 Å². The third-order valence-corrected chi connectivity index (χ3v) is 15.7. The maximum absolute atomic E-state index is 12.5. The van der Waals surface area contributed by atoms with Gasteiger partial charge < -0.3 is 20.3 Å². The molecule has 0 aliphatic rings. The second-order valence-electron chi connectivity index (χ2n) is 23.2. The highest BCUT2D eigenvalue weighted by Gasteiger charge is 2.18. The van der Waals surface area contributed by atoms with Crippen LogP contribution in [0.25, 0.3) is 0 Å². The number of hydrogen-bond donors (Lipinski definition) is 3. The van der Waals surface area contributed by atoms with E-state index in [9.17, 15) is 19.8 Å². The van der Waals surface area contributed by atoms with Gasteiger partial charge in [0, 0.05) is 12.8 Å². The smallest absolute Gasteiger partial charge is 0.305 e. The maximum Gasteiger partial charge on any atom is 0.305 e. The first kappa shape index (κ1) is 72.3. The number of nitrogens with one attached hydrogen (secondary N) is 1. The molecule has 1 amide bonds. The third kappa shape index (κ3) is 59.6. The topological polar surface area (TPSA) is 95.9 Å². The molecule has 0 rings (SSSR count). The Morgan fingerprint density at radius 1 is 0.365 bits per heavy atom. The van der Waals surface area contributed by atoms with E-state index in [1.54, 1.807) is 6.08 Å². The standard InChI is InChI=1S/C68H131NO5/c1-3-5-7-9-11-13-15-17-19-20-27-31-34-38-42-46-50-54-58-62-68(73)74-63-59-55-51-47-43-39-35-32-29-26-24-22-21-23-25-28-30-33-37-41-45-49-53-57-61-67(72)69-65(64-70)66(71)60-56-52-48-44-40-36-18-16-14-12-10-8-6-4-2/h23,25,56,60,65-66,70-71H,3-22,24,26-55,57-59,61-64H2,1-2H3,(H,69,72)/b25-23-,60-56+. The lowest BCUT2D eigenvalue weighted by atomic mass is 10.0. The second kappa shape index (κ2) is 63.9. The van der Waals surface area contributed by atoms with E-state index in [0.717, 1.165) is 38.5 Å². The predicted octanol–water partition coefficient (Wildman–Crippen LogP) is 21.4. The highest BCUT2D eigenvalue weighted by atomic mass is 16.5. The minimum absolute atomic E-state index is 0.0174. The Balaban J connectivity index is 3.38. The molecule has 0 saturated carbocycles. The quantitative estimate of drug-likeness (QED) is 0.0320. The van der Waals surface area contributed by atoms with Gasteiger partial charge in [-0.05, 0) is 57.8 Å². The van der Waals surface area contributed by atoms with E-state index in [0.29, 0.717) is 19.4 Å². The number of rotatable bonds is 63. The first-order valence-corrected chi connectivity index (χ1v) is 33.6. The molecule has 74 heavy (non-hydrogen) atoms. The van der Waals surface area contributed by atoms with Crippen LogP contribution in [0.3, 0.4) is 0 Å². The fraction of sp³-hybridized carbons (Fsp3) is 0.912. The van der Waals surface area contributed by atoms with Crippen LogP contribution < -0.4 is 5.32 Å². The Hall–Kier alpha value is -1.66. The molecule has 438 valence electrons. The van der Waals surface area contributed by atoms with Crippen LogP contribution in [0, 0.1) is 0 Å². The molecule has 0 aromatic rings. The molecule has 0 spiro atoms. The van der Waals surface area contributed by atoms with Crippen molar-refractivity contribution in [3.8, 4) is 0 Å². The van der Waals surface area contributed by atoms with Gasteiger partial charge in [0.25, 0.3) is 0 Å². The van der Waals surface area contributed by atoms with Gasteiger partial charge in [-0.15, -0.1) is 0 Å². The summed E-state index contributed by atoms with van der Waals surface area (Å²) in [6.07, 6.45) is 79.6. The minimum Gasteiger partial charge on any atom is -0.466 e. The SMILES string of the molecule is CCCCCCCCCCCCCC/C=C/C(O)C(CO)NC(=O)CCCCCCCCCC/C=C\CCCCCCCCCCCCCCOC(=O)CCCCCCCCCCCCCCCCCCCCC. The number of allylic oxidation sites excluding steroid dienone is 3. The van der Waals surface area contributed by atoms with Crippen molar-refractivity contribution < 1.29 is 24.5 Å². The zero-order chi connectivity index (χ0) is 53.6. The zero-order valence-electron chi connectivity index (χ0n) is 50.1. The molecule has 0 radical (unpaired) electrons. The largest absolute Gasteiger partial charge is 0.466 e. The minimum atomic E-state index is -0.846. The van der Waals surface area contributed by atoms with E-state index in [-0.39, 0.29) is 18.5 Å². The molecule has 3 N–H and O–H groups in total. The zero-order valence-corrected chi connectivity index (χ0v) is 50.1. The van der Waals surface area contributed by atoms with E-state index in [2.05, 4.69) is 31.3 Å². The van der Waals surface area contributed by atoms with Crippen molar-refractivity contribution in [2.75, 3.05) is 13.2 Å². The summed E-state index contributed by atoms with van der Waals surface area (Å²) in [5.74, 6) is -0.0535. The van der Waals surface area contributed by atoms with Crippen molar-refractivity contribution >= 4 is 11.9 Å². The Bertz CT molecular complexity index is 1150. The maximum atomic E-state index is 12.5. The van der Waals surface area contributed by atoms with Crippen molar-refractivity contribution in [2.45, 2.75) is 386 Å². The summed E-state index contributed by atoms with van der Waals surface area (Å²) in [6.45, 7) is 4.93. The van der Waals surface area contributed by atoms with Crippen LogP contribution in [0.5, 0.6) is 0 Å². The molecule has 0 aromatic heterocycles. The molecule has 0 fully saturated rings. The van der Waals surface area contributed by atoms with Gasteiger partial charge in [-0.3, -0.25) is 9.59 Å². The molecule has 2 atom stereocenters. The Labute approximate surface area is 462 Å². The lowest BCUT2D eigenvalue weighted by molar-refractivity contribution is -0.143. The molecule has 2 unspecified atom stereocenters. The Kier molecular flexibility index (Phi) is 62.4. The van der Waals surface area contributed by atoms with Crippen LogP contribution in [0.15, 0.2) is 24.3 Å². The molecule has 0 aromatic carbocycles. The molecule has 0 bridgehead atoms. The summed E-state index contributed by atoms with van der Waals surface area (Å²) in [5, 5.41) is 23.1. The van der Waals surface area contributed by atoms with Crippen molar-refractivity contribution in [3.63, 3.8) is 0 Å². The van der Waals surface area contributed by atoms with Crippen LogP contribution >= 0.6 is 0 Å². The summed E-state index contributed by atoms with van der Waals surface area (Å²) >= 11 is 0. The number of carbonyl (C=O) groups excluding carboxylic acids is 2. The highest BCUT2D eigenvalue weighted by Crippen LogP contribution is 2.18. The lowest BCUT2D eigenvalue weighted by Gasteiger charge is -2.20. The van der Waals surface area contributed by atoms with Gasteiger partial charge in [0.1, 0.15) is 0 Å². The number of aliphatic hydroxyl groups is 2. The monoisotopic (exact) mass is 1040 g/mol. The molecule has 0 heterocycles. The van der Waals surface area contributed by atoms with Gasteiger partial charge in [-0.1, -0.05) is 327 Å². The fourth-order valence-corrected chi connectivity index (χ4v) is 10.6. The van der Waals surface area contributed by atoms with Crippen molar-refractivity contribution in [1.82, 2.24) is 5.32 Å².